The topological polar surface area (TPSA) is 95.7 Å². The number of hydrogen-bond acceptors (Lipinski definition) is 7. The van der Waals surface area contributed by atoms with Gasteiger partial charge >= 0.3 is 6.18 Å². The van der Waals surface area contributed by atoms with Crippen LogP contribution in [-0.2, 0) is 25.1 Å². The maximum Gasteiger partial charge on any atom is 0.434 e. The number of aromatic nitrogens is 5. The molecule has 1 aliphatic carbocycles. The van der Waals surface area contributed by atoms with E-state index in [1.165, 1.54) is 22.7 Å². The van der Waals surface area contributed by atoms with Crippen molar-refractivity contribution in [3.05, 3.63) is 52.6 Å². The summed E-state index contributed by atoms with van der Waals surface area (Å²) in [7, 11) is 1.49. The van der Waals surface area contributed by atoms with Gasteiger partial charge in [-0.1, -0.05) is 0 Å². The zero-order valence-electron chi connectivity index (χ0n) is 17.3. The lowest BCUT2D eigenvalue weighted by Gasteiger charge is -2.30. The molecule has 4 aromatic heterocycles. The smallest absolute Gasteiger partial charge is 0.420 e. The fourth-order valence-corrected chi connectivity index (χ4v) is 5.22. The summed E-state index contributed by atoms with van der Waals surface area (Å²) in [5.41, 5.74) is 6.66. The van der Waals surface area contributed by atoms with Crippen molar-refractivity contribution >= 4 is 16.3 Å². The van der Waals surface area contributed by atoms with Gasteiger partial charge in [0.25, 0.3) is 0 Å². The predicted octanol–water partition coefficient (Wildman–Crippen LogP) is 4.84. The van der Waals surface area contributed by atoms with Crippen molar-refractivity contribution in [1.82, 2.24) is 24.7 Å². The minimum absolute atomic E-state index is 0.118. The van der Waals surface area contributed by atoms with Crippen molar-refractivity contribution in [2.24, 2.45) is 7.05 Å². The molecule has 0 aromatic carbocycles. The highest BCUT2D eigenvalue weighted by molar-refractivity contribution is 7.16. The number of rotatable bonds is 3. The maximum absolute atomic E-state index is 12.9. The number of fused-ring (bicyclic) bond motifs is 1. The van der Waals surface area contributed by atoms with E-state index in [9.17, 15) is 13.2 Å². The van der Waals surface area contributed by atoms with Crippen LogP contribution in [0.3, 0.4) is 0 Å². The molecule has 166 valence electrons. The van der Waals surface area contributed by atoms with Crippen molar-refractivity contribution < 1.29 is 17.6 Å². The zero-order chi connectivity index (χ0) is 22.7. The van der Waals surface area contributed by atoms with Crippen molar-refractivity contribution in [3.63, 3.8) is 0 Å². The Bertz CT molecular complexity index is 1290. The van der Waals surface area contributed by atoms with Crippen LogP contribution in [0.1, 0.15) is 41.8 Å². The fraction of sp³-hybridized carbons (Fsp3) is 0.333. The number of nitrogens with zero attached hydrogens (tertiary/aromatic N) is 5. The number of imidazole rings is 1. The number of anilines is 1. The average Bonchev–Trinajstić information content (AvgIpc) is 3.46. The number of hydrogen-bond donors (Lipinski definition) is 1. The SMILES string of the molecule is Cn1cc(C(F)(F)F)nc1-c1ccc(-c2nnc(C3(C)CCCc4sc(N)cc43)o2)cn1. The molecule has 0 spiro atoms. The van der Waals surface area contributed by atoms with E-state index in [1.807, 2.05) is 6.07 Å². The van der Waals surface area contributed by atoms with Gasteiger partial charge in [0.15, 0.2) is 11.5 Å². The van der Waals surface area contributed by atoms with Gasteiger partial charge in [-0.05, 0) is 49.9 Å². The molecule has 0 bridgehead atoms. The number of halogens is 3. The molecule has 2 N–H and O–H groups in total. The third-order valence-electron chi connectivity index (χ3n) is 5.81. The molecular formula is C21H19F3N6OS. The molecule has 0 saturated heterocycles. The van der Waals surface area contributed by atoms with E-state index < -0.39 is 17.3 Å². The Morgan fingerprint density at radius 3 is 2.75 bits per heavy atom. The van der Waals surface area contributed by atoms with Gasteiger partial charge in [-0.2, -0.15) is 13.2 Å². The van der Waals surface area contributed by atoms with Crippen LogP contribution in [0.25, 0.3) is 23.0 Å². The molecule has 0 amide bonds. The van der Waals surface area contributed by atoms with E-state index in [0.717, 1.165) is 36.0 Å². The second-order valence-corrected chi connectivity index (χ2v) is 9.24. The summed E-state index contributed by atoms with van der Waals surface area (Å²) >= 11 is 1.59. The first-order chi connectivity index (χ1) is 15.1. The molecule has 1 aliphatic rings. The summed E-state index contributed by atoms with van der Waals surface area (Å²) < 4.78 is 46.1. The minimum Gasteiger partial charge on any atom is -0.420 e. The van der Waals surface area contributed by atoms with Gasteiger partial charge in [0, 0.05) is 24.3 Å². The average molecular weight is 460 g/mol. The summed E-state index contributed by atoms with van der Waals surface area (Å²) in [6.07, 6.45) is 0.773. The molecular weight excluding hydrogens is 441 g/mol. The Kier molecular flexibility index (Phi) is 4.63. The van der Waals surface area contributed by atoms with Crippen LogP contribution >= 0.6 is 11.3 Å². The molecule has 0 saturated carbocycles. The van der Waals surface area contributed by atoms with E-state index >= 15 is 0 Å². The second-order valence-electron chi connectivity index (χ2n) is 8.07. The predicted molar refractivity (Wildman–Crippen MR) is 113 cm³/mol. The Balaban J connectivity index is 1.44. The number of alkyl halides is 3. The molecule has 1 atom stereocenters. The third-order valence-corrected chi connectivity index (χ3v) is 6.83. The Morgan fingerprint density at radius 1 is 1.25 bits per heavy atom. The van der Waals surface area contributed by atoms with Gasteiger partial charge in [0.2, 0.25) is 11.8 Å². The summed E-state index contributed by atoms with van der Waals surface area (Å²) in [5, 5.41) is 9.26. The highest BCUT2D eigenvalue weighted by Gasteiger charge is 2.40. The molecule has 0 aliphatic heterocycles. The molecule has 7 nitrogen and oxygen atoms in total. The van der Waals surface area contributed by atoms with Gasteiger partial charge < -0.3 is 14.7 Å². The molecule has 4 aromatic rings. The van der Waals surface area contributed by atoms with Gasteiger partial charge in [-0.15, -0.1) is 21.5 Å². The van der Waals surface area contributed by atoms with Crippen molar-refractivity contribution in [3.8, 4) is 23.0 Å². The Labute approximate surface area is 185 Å². The van der Waals surface area contributed by atoms with Crippen LogP contribution in [0.15, 0.2) is 35.0 Å². The first-order valence-electron chi connectivity index (χ1n) is 9.95. The first kappa shape index (κ1) is 20.7. The summed E-state index contributed by atoms with van der Waals surface area (Å²) in [5.74, 6) is 0.924. The quantitative estimate of drug-likeness (QED) is 0.470. The van der Waals surface area contributed by atoms with E-state index in [2.05, 4.69) is 27.1 Å². The molecule has 0 fully saturated rings. The van der Waals surface area contributed by atoms with E-state index in [-0.39, 0.29) is 5.82 Å². The number of thiophene rings is 1. The standard InChI is InChI=1S/C21H19F3N6OS/c1-20(7-3-4-14-12(20)8-16(25)32-14)19-29-28-18(31-19)11-5-6-13(26-9-11)17-27-15(10-30(17)2)21(22,23)24/h5-6,8-10H,3-4,7,25H2,1-2H3. The lowest BCUT2D eigenvalue weighted by molar-refractivity contribution is -0.140. The second kappa shape index (κ2) is 7.16. The molecule has 0 radical (unpaired) electrons. The zero-order valence-corrected chi connectivity index (χ0v) is 18.1. The summed E-state index contributed by atoms with van der Waals surface area (Å²) in [4.78, 5) is 9.18. The molecule has 4 heterocycles. The van der Waals surface area contributed by atoms with Crippen LogP contribution in [0, 0.1) is 0 Å². The van der Waals surface area contributed by atoms with E-state index in [1.54, 1.807) is 23.5 Å². The van der Waals surface area contributed by atoms with Gasteiger partial charge in [0.05, 0.1) is 16.0 Å². The van der Waals surface area contributed by atoms with Gasteiger partial charge in [-0.25, -0.2) is 4.98 Å². The number of nitrogen functional groups attached to an aromatic ring is 1. The normalized spacial score (nSPS) is 18.7. The number of aryl methyl sites for hydroxylation is 2. The molecule has 1 unspecified atom stereocenters. The third kappa shape index (κ3) is 3.36. The fourth-order valence-electron chi connectivity index (χ4n) is 4.12. The van der Waals surface area contributed by atoms with Crippen LogP contribution in [-0.4, -0.2) is 24.7 Å². The van der Waals surface area contributed by atoms with Crippen molar-refractivity contribution in [2.45, 2.75) is 37.8 Å². The Morgan fingerprint density at radius 2 is 2.06 bits per heavy atom. The largest absolute Gasteiger partial charge is 0.434 e. The minimum atomic E-state index is -4.52. The highest BCUT2D eigenvalue weighted by Crippen LogP contribution is 2.46. The summed E-state index contributed by atoms with van der Waals surface area (Å²) in [6, 6.07) is 5.25. The number of pyridine rings is 1. The van der Waals surface area contributed by atoms with Crippen molar-refractivity contribution in [2.75, 3.05) is 5.73 Å². The highest BCUT2D eigenvalue weighted by atomic mass is 32.1. The van der Waals surface area contributed by atoms with Crippen LogP contribution < -0.4 is 5.73 Å². The van der Waals surface area contributed by atoms with Crippen LogP contribution in [0.2, 0.25) is 0 Å². The summed E-state index contributed by atoms with van der Waals surface area (Å²) in [6.45, 7) is 2.08. The van der Waals surface area contributed by atoms with Crippen molar-refractivity contribution in [1.29, 1.82) is 0 Å². The maximum atomic E-state index is 12.9. The molecule has 32 heavy (non-hydrogen) atoms. The van der Waals surface area contributed by atoms with Crippen LogP contribution in [0.4, 0.5) is 18.2 Å². The van der Waals surface area contributed by atoms with E-state index in [0.29, 0.717) is 23.0 Å². The van der Waals surface area contributed by atoms with Crippen LogP contribution in [0.5, 0.6) is 0 Å². The lowest BCUT2D eigenvalue weighted by Crippen LogP contribution is -2.28. The molecule has 11 heteroatoms. The lowest BCUT2D eigenvalue weighted by atomic mass is 9.74. The van der Waals surface area contributed by atoms with Gasteiger partial charge in [-0.3, -0.25) is 4.98 Å². The monoisotopic (exact) mass is 460 g/mol. The van der Waals surface area contributed by atoms with E-state index in [4.69, 9.17) is 10.2 Å². The van der Waals surface area contributed by atoms with Gasteiger partial charge in [0.1, 0.15) is 5.69 Å². The molecule has 5 rings (SSSR count). The first-order valence-corrected chi connectivity index (χ1v) is 10.8. The number of nitrogens with two attached hydrogens (primary N) is 1. The Hall–Kier alpha value is -3.21.